The molecule has 82 valence electrons. The van der Waals surface area contributed by atoms with Gasteiger partial charge in [0.2, 0.25) is 11.0 Å². The summed E-state index contributed by atoms with van der Waals surface area (Å²) in [7, 11) is 0. The minimum atomic E-state index is -0.226. The number of thioether (sulfide) groups is 1. The molecule has 0 aromatic carbocycles. The number of hydrogen-bond acceptors (Lipinski definition) is 6. The molecule has 0 radical (unpaired) electrons. The van der Waals surface area contributed by atoms with Crippen molar-refractivity contribution in [3.8, 4) is 17.7 Å². The third kappa shape index (κ3) is 1.87. The molecule has 2 aromatic heterocycles. The zero-order valence-electron chi connectivity index (χ0n) is 8.49. The highest BCUT2D eigenvalue weighted by Crippen LogP contribution is 2.24. The standard InChI is InChI=1S/C9H9N5OS/c1-6(5-10)16-9-13-12-8(14(9)11)7-3-2-4-15-7/h2-4,6H,11H2,1H3/t6-/m1/s1. The van der Waals surface area contributed by atoms with Crippen LogP contribution in [0.5, 0.6) is 0 Å². The molecule has 1 atom stereocenters. The Morgan fingerprint density at radius 1 is 1.62 bits per heavy atom. The Labute approximate surface area is 96.0 Å². The SMILES string of the molecule is C[C@H](C#N)Sc1nnc(-c2ccco2)n1N. The lowest BCUT2D eigenvalue weighted by molar-refractivity contribution is 0.574. The summed E-state index contributed by atoms with van der Waals surface area (Å²) in [5.74, 6) is 6.79. The number of aromatic nitrogens is 3. The summed E-state index contributed by atoms with van der Waals surface area (Å²) >= 11 is 1.25. The lowest BCUT2D eigenvalue weighted by Gasteiger charge is -2.02. The molecule has 0 spiro atoms. The fourth-order valence-corrected chi connectivity index (χ4v) is 1.77. The number of nitrogens with two attached hydrogens (primary N) is 1. The molecule has 0 unspecified atom stereocenters. The highest BCUT2D eigenvalue weighted by molar-refractivity contribution is 8.00. The molecule has 0 saturated heterocycles. The first-order chi connectivity index (χ1) is 7.72. The molecule has 16 heavy (non-hydrogen) atoms. The number of nitriles is 1. The number of nitrogen functional groups attached to an aromatic ring is 1. The smallest absolute Gasteiger partial charge is 0.218 e. The van der Waals surface area contributed by atoms with Gasteiger partial charge in [0.1, 0.15) is 0 Å². The number of nitrogens with zero attached hydrogens (tertiary/aromatic N) is 4. The van der Waals surface area contributed by atoms with Gasteiger partial charge in [0.15, 0.2) is 5.76 Å². The maximum Gasteiger partial charge on any atom is 0.218 e. The van der Waals surface area contributed by atoms with Crippen LogP contribution in [0.4, 0.5) is 0 Å². The number of rotatable bonds is 3. The van der Waals surface area contributed by atoms with Gasteiger partial charge in [0.05, 0.1) is 17.6 Å². The lowest BCUT2D eigenvalue weighted by atomic mass is 10.4. The van der Waals surface area contributed by atoms with Crippen LogP contribution < -0.4 is 5.84 Å². The van der Waals surface area contributed by atoms with Crippen molar-refractivity contribution in [2.75, 3.05) is 5.84 Å². The first-order valence-corrected chi connectivity index (χ1v) is 5.41. The minimum Gasteiger partial charge on any atom is -0.461 e. The van der Waals surface area contributed by atoms with Crippen LogP contribution in [0, 0.1) is 11.3 Å². The van der Waals surface area contributed by atoms with Crippen molar-refractivity contribution in [3.63, 3.8) is 0 Å². The molecule has 6 nitrogen and oxygen atoms in total. The Hall–Kier alpha value is -1.94. The summed E-state index contributed by atoms with van der Waals surface area (Å²) in [6, 6.07) is 5.58. The van der Waals surface area contributed by atoms with Crippen molar-refractivity contribution in [2.45, 2.75) is 17.3 Å². The van der Waals surface area contributed by atoms with Crippen LogP contribution >= 0.6 is 11.8 Å². The van der Waals surface area contributed by atoms with E-state index < -0.39 is 0 Å². The van der Waals surface area contributed by atoms with Gasteiger partial charge < -0.3 is 10.3 Å². The van der Waals surface area contributed by atoms with Crippen molar-refractivity contribution in [1.29, 1.82) is 5.26 Å². The molecule has 0 aliphatic carbocycles. The molecule has 0 aliphatic rings. The molecule has 0 saturated carbocycles. The van der Waals surface area contributed by atoms with Gasteiger partial charge in [-0.2, -0.15) is 5.26 Å². The fourth-order valence-electron chi connectivity index (χ4n) is 1.12. The normalized spacial score (nSPS) is 12.2. The van der Waals surface area contributed by atoms with Crippen molar-refractivity contribution in [3.05, 3.63) is 18.4 Å². The van der Waals surface area contributed by atoms with E-state index in [9.17, 15) is 0 Å². The Kier molecular flexibility index (Phi) is 2.83. The van der Waals surface area contributed by atoms with E-state index in [1.54, 1.807) is 19.1 Å². The molecular weight excluding hydrogens is 226 g/mol. The summed E-state index contributed by atoms with van der Waals surface area (Å²) in [6.45, 7) is 1.77. The highest BCUT2D eigenvalue weighted by Gasteiger charge is 2.16. The zero-order valence-corrected chi connectivity index (χ0v) is 9.31. The quantitative estimate of drug-likeness (QED) is 0.635. The van der Waals surface area contributed by atoms with Crippen LogP contribution in [-0.4, -0.2) is 20.1 Å². The highest BCUT2D eigenvalue weighted by atomic mass is 32.2. The third-order valence-corrected chi connectivity index (χ3v) is 2.82. The van der Waals surface area contributed by atoms with E-state index in [0.29, 0.717) is 16.7 Å². The third-order valence-electron chi connectivity index (χ3n) is 1.87. The molecule has 0 bridgehead atoms. The molecule has 2 aromatic rings. The van der Waals surface area contributed by atoms with Gasteiger partial charge in [-0.3, -0.25) is 0 Å². The van der Waals surface area contributed by atoms with E-state index in [-0.39, 0.29) is 5.25 Å². The Morgan fingerprint density at radius 2 is 2.44 bits per heavy atom. The summed E-state index contributed by atoms with van der Waals surface area (Å²) in [4.78, 5) is 0. The molecule has 2 heterocycles. The molecule has 0 amide bonds. The van der Waals surface area contributed by atoms with Gasteiger partial charge in [-0.15, -0.1) is 10.2 Å². The van der Waals surface area contributed by atoms with Crippen molar-refractivity contribution < 1.29 is 4.42 Å². The van der Waals surface area contributed by atoms with E-state index >= 15 is 0 Å². The first kappa shape index (κ1) is 10.6. The van der Waals surface area contributed by atoms with Crippen molar-refractivity contribution in [1.82, 2.24) is 14.9 Å². The molecule has 2 N–H and O–H groups in total. The molecule has 0 fully saturated rings. The second-order valence-corrected chi connectivity index (χ2v) is 4.35. The van der Waals surface area contributed by atoms with Gasteiger partial charge in [-0.25, -0.2) is 4.68 Å². The average molecular weight is 235 g/mol. The Morgan fingerprint density at radius 3 is 3.06 bits per heavy atom. The fraction of sp³-hybridized carbons (Fsp3) is 0.222. The van der Waals surface area contributed by atoms with E-state index in [1.807, 2.05) is 0 Å². The van der Waals surface area contributed by atoms with E-state index in [2.05, 4.69) is 16.3 Å². The van der Waals surface area contributed by atoms with Crippen LogP contribution in [0.3, 0.4) is 0 Å². The monoisotopic (exact) mass is 235 g/mol. The maximum absolute atomic E-state index is 8.69. The first-order valence-electron chi connectivity index (χ1n) is 4.53. The molecular formula is C9H9N5OS. The topological polar surface area (TPSA) is 93.7 Å². The molecule has 2 rings (SSSR count). The van der Waals surface area contributed by atoms with Gasteiger partial charge in [0.25, 0.3) is 0 Å². The number of furan rings is 1. The van der Waals surface area contributed by atoms with Crippen LogP contribution in [0.25, 0.3) is 11.6 Å². The minimum absolute atomic E-state index is 0.226. The second-order valence-electron chi connectivity index (χ2n) is 3.04. The lowest BCUT2D eigenvalue weighted by Crippen LogP contribution is -2.12. The predicted molar refractivity (Wildman–Crippen MR) is 58.8 cm³/mol. The van der Waals surface area contributed by atoms with Crippen LogP contribution in [0.2, 0.25) is 0 Å². The Balaban J connectivity index is 2.29. The van der Waals surface area contributed by atoms with Gasteiger partial charge in [-0.1, -0.05) is 11.8 Å². The van der Waals surface area contributed by atoms with Crippen LogP contribution in [0.15, 0.2) is 28.0 Å². The summed E-state index contributed by atoms with van der Waals surface area (Å²) in [5, 5.41) is 16.8. The van der Waals surface area contributed by atoms with Crippen LogP contribution in [0.1, 0.15) is 6.92 Å². The predicted octanol–water partition coefficient (Wildman–Crippen LogP) is 1.26. The van der Waals surface area contributed by atoms with Gasteiger partial charge in [0, 0.05) is 0 Å². The zero-order chi connectivity index (χ0) is 11.5. The molecule has 7 heteroatoms. The summed E-state index contributed by atoms with van der Waals surface area (Å²) in [6.07, 6.45) is 1.54. The van der Waals surface area contributed by atoms with E-state index in [0.717, 1.165) is 0 Å². The van der Waals surface area contributed by atoms with Crippen LogP contribution in [-0.2, 0) is 0 Å². The largest absolute Gasteiger partial charge is 0.461 e. The van der Waals surface area contributed by atoms with E-state index in [4.69, 9.17) is 15.5 Å². The second kappa shape index (κ2) is 4.28. The Bertz CT molecular complexity index is 512. The van der Waals surface area contributed by atoms with Crippen molar-refractivity contribution in [2.24, 2.45) is 0 Å². The molecule has 0 aliphatic heterocycles. The van der Waals surface area contributed by atoms with Crippen molar-refractivity contribution >= 4 is 11.8 Å². The summed E-state index contributed by atoms with van der Waals surface area (Å²) < 4.78 is 6.48. The van der Waals surface area contributed by atoms with Gasteiger partial charge >= 0.3 is 0 Å². The number of hydrogen-bond donors (Lipinski definition) is 1. The van der Waals surface area contributed by atoms with E-state index in [1.165, 1.54) is 22.7 Å². The summed E-state index contributed by atoms with van der Waals surface area (Å²) in [5.41, 5.74) is 0. The maximum atomic E-state index is 8.69. The average Bonchev–Trinajstić information content (AvgIpc) is 2.89. The van der Waals surface area contributed by atoms with Gasteiger partial charge in [-0.05, 0) is 19.1 Å².